The van der Waals surface area contributed by atoms with E-state index in [4.69, 9.17) is 9.47 Å². The van der Waals surface area contributed by atoms with Gasteiger partial charge in [0.2, 0.25) is 0 Å². The molecule has 0 saturated heterocycles. The van der Waals surface area contributed by atoms with E-state index in [2.05, 4.69) is 0 Å². The molecule has 0 N–H and O–H groups in total. The molecule has 1 aromatic carbocycles. The molecule has 0 aliphatic rings. The van der Waals surface area contributed by atoms with Crippen molar-refractivity contribution in [2.75, 3.05) is 0 Å². The second kappa shape index (κ2) is 6.79. The molecule has 0 radical (unpaired) electrons. The van der Waals surface area contributed by atoms with Crippen molar-refractivity contribution in [3.8, 4) is 11.5 Å². The molecule has 0 saturated carbocycles. The minimum atomic E-state index is -0.405. The van der Waals surface area contributed by atoms with Crippen molar-refractivity contribution >= 4 is 11.9 Å². The summed E-state index contributed by atoms with van der Waals surface area (Å²) in [5, 5.41) is 0. The molecule has 0 fully saturated rings. The van der Waals surface area contributed by atoms with Gasteiger partial charge in [0, 0.05) is 13.0 Å². The third-order valence-corrected chi connectivity index (χ3v) is 2.41. The first-order valence-electron chi connectivity index (χ1n) is 6.03. The van der Waals surface area contributed by atoms with Gasteiger partial charge in [-0.25, -0.2) is 0 Å². The molecule has 1 unspecified atom stereocenters. The van der Waals surface area contributed by atoms with Gasteiger partial charge in [-0.2, -0.15) is 0 Å². The summed E-state index contributed by atoms with van der Waals surface area (Å²) in [6.45, 7) is 5.18. The van der Waals surface area contributed by atoms with E-state index in [1.54, 1.807) is 18.2 Å². The Balaban J connectivity index is 2.67. The van der Waals surface area contributed by atoms with Crippen LogP contribution in [0.5, 0.6) is 11.5 Å². The van der Waals surface area contributed by atoms with E-state index in [1.165, 1.54) is 13.0 Å². The van der Waals surface area contributed by atoms with E-state index in [-0.39, 0.29) is 11.9 Å². The topological polar surface area (TPSA) is 52.6 Å². The zero-order valence-electron chi connectivity index (χ0n) is 10.9. The van der Waals surface area contributed by atoms with Crippen LogP contribution < -0.4 is 9.47 Å². The molecule has 0 spiro atoms. The van der Waals surface area contributed by atoms with Gasteiger partial charge in [0.05, 0.1) is 5.92 Å². The van der Waals surface area contributed by atoms with Gasteiger partial charge in [0.25, 0.3) is 0 Å². The van der Waals surface area contributed by atoms with Gasteiger partial charge >= 0.3 is 11.9 Å². The second-order valence-corrected chi connectivity index (χ2v) is 4.18. The van der Waals surface area contributed by atoms with Crippen molar-refractivity contribution in [3.05, 3.63) is 24.3 Å². The van der Waals surface area contributed by atoms with Gasteiger partial charge in [-0.15, -0.1) is 0 Å². The Kier molecular flexibility index (Phi) is 5.36. The summed E-state index contributed by atoms with van der Waals surface area (Å²) in [5.74, 6) is -0.0420. The Bertz CT molecular complexity index is 426. The summed E-state index contributed by atoms with van der Waals surface area (Å²) in [4.78, 5) is 22.5. The van der Waals surface area contributed by atoms with Crippen molar-refractivity contribution in [3.63, 3.8) is 0 Å². The summed E-state index contributed by atoms with van der Waals surface area (Å²) in [6.07, 6.45) is 1.73. The zero-order chi connectivity index (χ0) is 13.5. The van der Waals surface area contributed by atoms with Crippen LogP contribution in [0.15, 0.2) is 24.3 Å². The molecule has 1 aromatic rings. The van der Waals surface area contributed by atoms with Crippen LogP contribution >= 0.6 is 0 Å². The monoisotopic (exact) mass is 250 g/mol. The van der Waals surface area contributed by atoms with E-state index < -0.39 is 5.97 Å². The number of benzene rings is 1. The number of rotatable bonds is 5. The highest BCUT2D eigenvalue weighted by Gasteiger charge is 2.14. The van der Waals surface area contributed by atoms with Gasteiger partial charge in [0.15, 0.2) is 0 Å². The number of esters is 2. The highest BCUT2D eigenvalue weighted by molar-refractivity contribution is 5.75. The lowest BCUT2D eigenvalue weighted by Gasteiger charge is -2.10. The van der Waals surface area contributed by atoms with Gasteiger partial charge in [0.1, 0.15) is 11.5 Å². The first kappa shape index (κ1) is 14.2. The van der Waals surface area contributed by atoms with Crippen LogP contribution in [-0.2, 0) is 9.59 Å². The highest BCUT2D eigenvalue weighted by Crippen LogP contribution is 2.21. The Morgan fingerprint density at radius 1 is 1.22 bits per heavy atom. The summed E-state index contributed by atoms with van der Waals surface area (Å²) in [5.41, 5.74) is 0. The molecule has 1 atom stereocenters. The lowest BCUT2D eigenvalue weighted by atomic mass is 10.1. The Hall–Kier alpha value is -1.84. The first-order valence-corrected chi connectivity index (χ1v) is 6.03. The minimum Gasteiger partial charge on any atom is -0.427 e. The number of ether oxygens (including phenoxy) is 2. The number of carbonyl (C=O) groups excluding carboxylic acids is 2. The predicted molar refractivity (Wildman–Crippen MR) is 67.5 cm³/mol. The van der Waals surface area contributed by atoms with Crippen LogP contribution in [0.1, 0.15) is 33.6 Å². The van der Waals surface area contributed by atoms with E-state index in [1.807, 2.05) is 13.8 Å². The van der Waals surface area contributed by atoms with Crippen LogP contribution in [0.4, 0.5) is 0 Å². The third-order valence-electron chi connectivity index (χ3n) is 2.41. The maximum absolute atomic E-state index is 11.7. The molecular formula is C14H18O4. The van der Waals surface area contributed by atoms with Crippen molar-refractivity contribution in [2.45, 2.75) is 33.6 Å². The minimum absolute atomic E-state index is 0.132. The molecule has 98 valence electrons. The van der Waals surface area contributed by atoms with E-state index in [0.29, 0.717) is 11.5 Å². The fraction of sp³-hybridized carbons (Fsp3) is 0.429. The standard InChI is InChI=1S/C14H18O4/c1-4-6-10(2)14(16)18-13-8-5-7-12(9-13)17-11(3)15/h5,7-10H,4,6H2,1-3H3. The number of hydrogen-bond acceptors (Lipinski definition) is 4. The van der Waals surface area contributed by atoms with E-state index >= 15 is 0 Å². The predicted octanol–water partition coefficient (Wildman–Crippen LogP) is 2.95. The number of hydrogen-bond donors (Lipinski definition) is 0. The van der Waals surface area contributed by atoms with E-state index in [0.717, 1.165) is 12.8 Å². The summed E-state index contributed by atoms with van der Waals surface area (Å²) in [6, 6.07) is 6.49. The van der Waals surface area contributed by atoms with Gasteiger partial charge in [-0.1, -0.05) is 26.3 Å². The molecule has 0 bridgehead atoms. The van der Waals surface area contributed by atoms with Crippen LogP contribution in [0.3, 0.4) is 0 Å². The average molecular weight is 250 g/mol. The van der Waals surface area contributed by atoms with Crippen LogP contribution in [0.2, 0.25) is 0 Å². The number of carbonyl (C=O) groups is 2. The summed E-state index contributed by atoms with van der Waals surface area (Å²) in [7, 11) is 0. The largest absolute Gasteiger partial charge is 0.427 e. The molecule has 0 amide bonds. The highest BCUT2D eigenvalue weighted by atomic mass is 16.5. The van der Waals surface area contributed by atoms with Crippen molar-refractivity contribution in [1.82, 2.24) is 0 Å². The fourth-order valence-electron chi connectivity index (χ4n) is 1.53. The average Bonchev–Trinajstić information content (AvgIpc) is 2.28. The van der Waals surface area contributed by atoms with E-state index in [9.17, 15) is 9.59 Å². The quantitative estimate of drug-likeness (QED) is 0.595. The second-order valence-electron chi connectivity index (χ2n) is 4.18. The maximum Gasteiger partial charge on any atom is 0.314 e. The normalized spacial score (nSPS) is 11.7. The molecule has 18 heavy (non-hydrogen) atoms. The lowest BCUT2D eigenvalue weighted by Crippen LogP contribution is -2.17. The Morgan fingerprint density at radius 3 is 2.39 bits per heavy atom. The zero-order valence-corrected chi connectivity index (χ0v) is 10.9. The lowest BCUT2D eigenvalue weighted by molar-refractivity contribution is -0.138. The molecular weight excluding hydrogens is 232 g/mol. The van der Waals surface area contributed by atoms with Crippen LogP contribution in [0, 0.1) is 5.92 Å². The first-order chi connectivity index (χ1) is 8.52. The molecule has 0 aromatic heterocycles. The smallest absolute Gasteiger partial charge is 0.314 e. The fourth-order valence-corrected chi connectivity index (χ4v) is 1.53. The molecule has 1 rings (SSSR count). The maximum atomic E-state index is 11.7. The van der Waals surface area contributed by atoms with Crippen molar-refractivity contribution in [2.24, 2.45) is 5.92 Å². The molecule has 0 heterocycles. The SMILES string of the molecule is CCCC(C)C(=O)Oc1cccc(OC(C)=O)c1. The molecule has 0 aliphatic heterocycles. The molecule has 4 heteroatoms. The van der Waals surface area contributed by atoms with Gasteiger partial charge in [-0.3, -0.25) is 9.59 Å². The van der Waals surface area contributed by atoms with Crippen molar-refractivity contribution < 1.29 is 19.1 Å². The van der Waals surface area contributed by atoms with Gasteiger partial charge in [-0.05, 0) is 18.6 Å². The molecule has 4 nitrogen and oxygen atoms in total. The van der Waals surface area contributed by atoms with Crippen LogP contribution in [-0.4, -0.2) is 11.9 Å². The van der Waals surface area contributed by atoms with Crippen LogP contribution in [0.25, 0.3) is 0 Å². The summed E-state index contributed by atoms with van der Waals surface area (Å²) >= 11 is 0. The molecule has 0 aliphatic carbocycles. The van der Waals surface area contributed by atoms with Gasteiger partial charge < -0.3 is 9.47 Å². The Labute approximate surface area is 107 Å². The Morgan fingerprint density at radius 2 is 1.83 bits per heavy atom. The third kappa shape index (κ3) is 4.57. The van der Waals surface area contributed by atoms with Crippen molar-refractivity contribution in [1.29, 1.82) is 0 Å². The summed E-state index contributed by atoms with van der Waals surface area (Å²) < 4.78 is 10.1.